The number of fused-ring (bicyclic) bond motifs is 1. The molecule has 11 heteroatoms. The lowest BCUT2D eigenvalue weighted by Crippen LogP contribution is -2.21. The van der Waals surface area contributed by atoms with Crippen molar-refractivity contribution in [2.45, 2.75) is 40.8 Å². The molecule has 2 amide bonds. The Labute approximate surface area is 219 Å². The van der Waals surface area contributed by atoms with Gasteiger partial charge in [-0.3, -0.25) is 23.6 Å². The maximum absolute atomic E-state index is 13.7. The van der Waals surface area contributed by atoms with Gasteiger partial charge in [-0.15, -0.1) is 0 Å². The van der Waals surface area contributed by atoms with Gasteiger partial charge in [-0.2, -0.15) is 15.3 Å². The van der Waals surface area contributed by atoms with Gasteiger partial charge >= 0.3 is 0 Å². The van der Waals surface area contributed by atoms with E-state index in [-0.39, 0.29) is 11.6 Å². The molecule has 2 N–H and O–H groups in total. The first-order valence-corrected chi connectivity index (χ1v) is 12.4. The molecule has 0 spiro atoms. The summed E-state index contributed by atoms with van der Waals surface area (Å²) in [5.74, 6) is -0.758. The normalized spacial score (nSPS) is 11.2. The molecule has 11 nitrogen and oxygen atoms in total. The highest BCUT2D eigenvalue weighted by Gasteiger charge is 2.23. The summed E-state index contributed by atoms with van der Waals surface area (Å²) in [4.78, 5) is 31.8. The first-order valence-electron chi connectivity index (χ1n) is 12.4. The van der Waals surface area contributed by atoms with Gasteiger partial charge in [-0.25, -0.2) is 4.98 Å². The van der Waals surface area contributed by atoms with E-state index < -0.39 is 5.91 Å². The molecule has 0 saturated carbocycles. The van der Waals surface area contributed by atoms with Gasteiger partial charge in [0, 0.05) is 36.8 Å². The maximum atomic E-state index is 13.7. The summed E-state index contributed by atoms with van der Waals surface area (Å²) in [5.41, 5.74) is 5.57. The summed E-state index contributed by atoms with van der Waals surface area (Å²) >= 11 is 0. The molecule has 5 aromatic rings. The molecule has 0 unspecified atom stereocenters. The highest BCUT2D eigenvalue weighted by atomic mass is 16.2. The van der Waals surface area contributed by atoms with E-state index in [0.29, 0.717) is 40.1 Å². The standard InChI is InChI=1S/C27H29N9O2/c1-6-35-16(3)20(13-29-35)22-12-19(18-10-8-9-11-21(18)31-22)26(37)33-24-15-30-36(7-2)25(24)27(38)32-23-14-28-34(5)17(23)4/h8-15H,6-7H2,1-5H3,(H,32,38)(H,33,37). The molecule has 0 aliphatic heterocycles. The summed E-state index contributed by atoms with van der Waals surface area (Å²) in [7, 11) is 1.80. The fourth-order valence-corrected chi connectivity index (χ4v) is 4.47. The fourth-order valence-electron chi connectivity index (χ4n) is 4.47. The van der Waals surface area contributed by atoms with E-state index in [1.807, 2.05) is 56.6 Å². The molecule has 4 heterocycles. The Kier molecular flexibility index (Phi) is 6.50. The Balaban J connectivity index is 1.52. The van der Waals surface area contributed by atoms with E-state index >= 15 is 0 Å². The van der Waals surface area contributed by atoms with Gasteiger partial charge in [0.1, 0.15) is 5.69 Å². The van der Waals surface area contributed by atoms with Crippen molar-refractivity contribution in [1.82, 2.24) is 34.3 Å². The number of pyridine rings is 1. The minimum absolute atomic E-state index is 0.253. The molecule has 0 aliphatic carbocycles. The van der Waals surface area contributed by atoms with E-state index in [1.165, 1.54) is 6.20 Å². The molecular formula is C27H29N9O2. The minimum atomic E-state index is -0.390. The zero-order chi connectivity index (χ0) is 27.0. The second-order valence-electron chi connectivity index (χ2n) is 8.93. The lowest BCUT2D eigenvalue weighted by atomic mass is 10.0. The van der Waals surface area contributed by atoms with E-state index in [9.17, 15) is 9.59 Å². The molecule has 194 valence electrons. The SMILES string of the molecule is CCn1ncc(-c2cc(C(=O)Nc3cnn(CC)c3C(=O)Nc3cnn(C)c3C)c3ccccc3n2)c1C. The molecule has 0 atom stereocenters. The number of carbonyl (C=O) groups excluding carboxylic acids is 2. The lowest BCUT2D eigenvalue weighted by molar-refractivity contribution is 0.101. The topological polar surface area (TPSA) is 125 Å². The molecule has 0 radical (unpaired) electrons. The Morgan fingerprint density at radius 2 is 1.53 bits per heavy atom. The Morgan fingerprint density at radius 1 is 0.842 bits per heavy atom. The first kappa shape index (κ1) is 24.9. The van der Waals surface area contributed by atoms with Crippen molar-refractivity contribution in [2.24, 2.45) is 7.05 Å². The van der Waals surface area contributed by atoms with Crippen LogP contribution in [-0.4, -0.2) is 46.1 Å². The number of para-hydroxylation sites is 1. The van der Waals surface area contributed by atoms with Crippen LogP contribution in [-0.2, 0) is 20.1 Å². The van der Waals surface area contributed by atoms with Gasteiger partial charge in [0.2, 0.25) is 0 Å². The predicted molar refractivity (Wildman–Crippen MR) is 145 cm³/mol. The van der Waals surface area contributed by atoms with Gasteiger partial charge < -0.3 is 10.6 Å². The van der Waals surface area contributed by atoms with Crippen LogP contribution in [0.15, 0.2) is 48.9 Å². The average Bonchev–Trinajstić information content (AvgIpc) is 3.60. The quantitative estimate of drug-likeness (QED) is 0.338. The van der Waals surface area contributed by atoms with Crippen LogP contribution in [0.5, 0.6) is 0 Å². The zero-order valence-corrected chi connectivity index (χ0v) is 22.0. The van der Waals surface area contributed by atoms with Crippen LogP contribution < -0.4 is 10.6 Å². The molecule has 0 bridgehead atoms. The summed E-state index contributed by atoms with van der Waals surface area (Å²) in [6.07, 6.45) is 4.85. The summed E-state index contributed by atoms with van der Waals surface area (Å²) in [5, 5.41) is 19.4. The van der Waals surface area contributed by atoms with Crippen LogP contribution in [0.2, 0.25) is 0 Å². The Bertz CT molecular complexity index is 1680. The maximum Gasteiger partial charge on any atom is 0.276 e. The number of hydrogen-bond acceptors (Lipinski definition) is 6. The van der Waals surface area contributed by atoms with Crippen molar-refractivity contribution in [3.05, 3.63) is 71.6 Å². The monoisotopic (exact) mass is 511 g/mol. The van der Waals surface area contributed by atoms with Crippen molar-refractivity contribution in [3.8, 4) is 11.3 Å². The van der Waals surface area contributed by atoms with Crippen LogP contribution >= 0.6 is 0 Å². The number of anilines is 2. The van der Waals surface area contributed by atoms with Crippen LogP contribution in [0.3, 0.4) is 0 Å². The largest absolute Gasteiger partial charge is 0.319 e. The number of nitrogens with zero attached hydrogens (tertiary/aromatic N) is 7. The molecule has 0 saturated heterocycles. The van der Waals surface area contributed by atoms with Crippen molar-refractivity contribution in [3.63, 3.8) is 0 Å². The molecule has 5 rings (SSSR count). The van der Waals surface area contributed by atoms with E-state index in [1.54, 1.807) is 34.9 Å². The number of carbonyl (C=O) groups is 2. The van der Waals surface area contributed by atoms with Gasteiger partial charge in [0.25, 0.3) is 11.8 Å². The van der Waals surface area contributed by atoms with Crippen molar-refractivity contribution in [1.29, 1.82) is 0 Å². The average molecular weight is 512 g/mol. The van der Waals surface area contributed by atoms with E-state index in [0.717, 1.165) is 23.5 Å². The zero-order valence-electron chi connectivity index (χ0n) is 22.0. The number of aryl methyl sites for hydroxylation is 3. The number of amides is 2. The molecule has 0 aliphatic rings. The van der Waals surface area contributed by atoms with Crippen molar-refractivity contribution < 1.29 is 9.59 Å². The predicted octanol–water partition coefficient (Wildman–Crippen LogP) is 4.19. The van der Waals surface area contributed by atoms with E-state index in [2.05, 4.69) is 25.9 Å². The third-order valence-corrected chi connectivity index (χ3v) is 6.73. The molecule has 38 heavy (non-hydrogen) atoms. The summed E-state index contributed by atoms with van der Waals surface area (Å²) in [6.45, 7) is 8.94. The number of rotatable bonds is 7. The fraction of sp³-hybridized carbons (Fsp3) is 0.259. The lowest BCUT2D eigenvalue weighted by Gasteiger charge is -2.12. The van der Waals surface area contributed by atoms with Crippen LogP contribution in [0, 0.1) is 13.8 Å². The van der Waals surface area contributed by atoms with Crippen LogP contribution in [0.25, 0.3) is 22.2 Å². The van der Waals surface area contributed by atoms with Crippen LogP contribution in [0.1, 0.15) is 46.1 Å². The molecule has 1 aromatic carbocycles. The minimum Gasteiger partial charge on any atom is -0.319 e. The van der Waals surface area contributed by atoms with Gasteiger partial charge in [0.15, 0.2) is 0 Å². The Morgan fingerprint density at radius 3 is 2.21 bits per heavy atom. The third kappa shape index (κ3) is 4.32. The molecular weight excluding hydrogens is 482 g/mol. The number of nitrogens with one attached hydrogen (secondary N) is 2. The summed E-state index contributed by atoms with van der Waals surface area (Å²) < 4.78 is 5.11. The third-order valence-electron chi connectivity index (χ3n) is 6.73. The second kappa shape index (κ2) is 9.92. The first-order chi connectivity index (χ1) is 18.3. The highest BCUT2D eigenvalue weighted by Crippen LogP contribution is 2.28. The van der Waals surface area contributed by atoms with Gasteiger partial charge in [-0.1, -0.05) is 18.2 Å². The van der Waals surface area contributed by atoms with Crippen LogP contribution in [0.4, 0.5) is 11.4 Å². The smallest absolute Gasteiger partial charge is 0.276 e. The van der Waals surface area contributed by atoms with Gasteiger partial charge in [-0.05, 0) is 39.8 Å². The van der Waals surface area contributed by atoms with Gasteiger partial charge in [0.05, 0.1) is 52.4 Å². The highest BCUT2D eigenvalue weighted by molar-refractivity contribution is 6.16. The number of hydrogen-bond donors (Lipinski definition) is 2. The van der Waals surface area contributed by atoms with Crippen molar-refractivity contribution >= 4 is 34.1 Å². The van der Waals surface area contributed by atoms with Crippen molar-refractivity contribution in [2.75, 3.05) is 10.6 Å². The van der Waals surface area contributed by atoms with E-state index in [4.69, 9.17) is 4.98 Å². The summed E-state index contributed by atoms with van der Waals surface area (Å²) in [6, 6.07) is 9.25. The number of benzene rings is 1. The Hall–Kier alpha value is -4.80. The molecule has 0 fully saturated rings. The molecule has 4 aromatic heterocycles. The number of aromatic nitrogens is 7. The second-order valence-corrected chi connectivity index (χ2v) is 8.93.